The third kappa shape index (κ3) is 2.80. The summed E-state index contributed by atoms with van der Waals surface area (Å²) < 4.78 is 5.49. The lowest BCUT2D eigenvalue weighted by Crippen LogP contribution is -2.36. The zero-order valence-electron chi connectivity index (χ0n) is 10.9. The van der Waals surface area contributed by atoms with Crippen LogP contribution in [0.2, 0.25) is 0 Å². The maximum atomic E-state index is 12.0. The standard InChI is InChI=1S/C13H24N2O2/c1-3-9(2)17-8-13(16)15-6-10-4-5-12(14)11(10)7-15/h9-12H,3-8,14H2,1-2H3/t9-,10-,11+,12-/m0/s1. The first-order chi connectivity index (χ1) is 8.11. The van der Waals surface area contributed by atoms with E-state index in [1.165, 1.54) is 6.42 Å². The monoisotopic (exact) mass is 240 g/mol. The van der Waals surface area contributed by atoms with E-state index in [-0.39, 0.29) is 18.6 Å². The summed E-state index contributed by atoms with van der Waals surface area (Å²) in [6.45, 7) is 6.02. The highest BCUT2D eigenvalue weighted by Gasteiger charge is 2.42. The van der Waals surface area contributed by atoms with Gasteiger partial charge >= 0.3 is 0 Å². The van der Waals surface area contributed by atoms with Crippen LogP contribution in [0.5, 0.6) is 0 Å². The maximum absolute atomic E-state index is 12.0. The van der Waals surface area contributed by atoms with E-state index in [2.05, 4.69) is 6.92 Å². The van der Waals surface area contributed by atoms with Crippen LogP contribution in [0.1, 0.15) is 33.1 Å². The SMILES string of the molecule is CC[C@H](C)OCC(=O)N1C[C@@H]2CC[C@H](N)[C@@H]2C1. The molecule has 2 rings (SSSR count). The van der Waals surface area contributed by atoms with Crippen molar-refractivity contribution in [2.24, 2.45) is 17.6 Å². The van der Waals surface area contributed by atoms with E-state index in [4.69, 9.17) is 10.5 Å². The molecule has 0 aromatic rings. The largest absolute Gasteiger partial charge is 0.369 e. The third-order valence-electron chi connectivity index (χ3n) is 4.33. The van der Waals surface area contributed by atoms with Gasteiger partial charge in [0.05, 0.1) is 6.10 Å². The Hall–Kier alpha value is -0.610. The highest BCUT2D eigenvalue weighted by molar-refractivity contribution is 5.77. The van der Waals surface area contributed by atoms with Crippen LogP contribution in [0.15, 0.2) is 0 Å². The normalized spacial score (nSPS) is 33.8. The van der Waals surface area contributed by atoms with E-state index in [0.717, 1.165) is 25.9 Å². The number of carbonyl (C=O) groups is 1. The van der Waals surface area contributed by atoms with Crippen LogP contribution in [-0.4, -0.2) is 42.6 Å². The van der Waals surface area contributed by atoms with Gasteiger partial charge in [0.2, 0.25) is 5.91 Å². The molecule has 17 heavy (non-hydrogen) atoms. The van der Waals surface area contributed by atoms with Crippen LogP contribution in [0.3, 0.4) is 0 Å². The second-order valence-corrected chi connectivity index (χ2v) is 5.49. The molecule has 1 saturated carbocycles. The predicted molar refractivity (Wildman–Crippen MR) is 66.5 cm³/mol. The van der Waals surface area contributed by atoms with Gasteiger partial charge in [0, 0.05) is 19.1 Å². The zero-order chi connectivity index (χ0) is 12.4. The fraction of sp³-hybridized carbons (Fsp3) is 0.923. The minimum atomic E-state index is 0.131. The Bertz CT molecular complexity index is 283. The molecule has 0 spiro atoms. The zero-order valence-corrected chi connectivity index (χ0v) is 10.9. The van der Waals surface area contributed by atoms with E-state index < -0.39 is 0 Å². The second kappa shape index (κ2) is 5.36. The third-order valence-corrected chi connectivity index (χ3v) is 4.33. The lowest BCUT2D eigenvalue weighted by molar-refractivity contribution is -0.137. The number of nitrogens with zero attached hydrogens (tertiary/aromatic N) is 1. The average molecular weight is 240 g/mol. The summed E-state index contributed by atoms with van der Waals surface area (Å²) in [5.41, 5.74) is 6.06. The van der Waals surface area contributed by atoms with Gasteiger partial charge in [0.25, 0.3) is 0 Å². The summed E-state index contributed by atoms with van der Waals surface area (Å²) in [4.78, 5) is 13.9. The van der Waals surface area contributed by atoms with Gasteiger partial charge in [0.1, 0.15) is 6.61 Å². The van der Waals surface area contributed by atoms with Crippen molar-refractivity contribution in [2.45, 2.75) is 45.3 Å². The Morgan fingerprint density at radius 2 is 2.24 bits per heavy atom. The van der Waals surface area contributed by atoms with Gasteiger partial charge in [-0.05, 0) is 38.0 Å². The topological polar surface area (TPSA) is 55.6 Å². The van der Waals surface area contributed by atoms with Gasteiger partial charge in [-0.1, -0.05) is 6.92 Å². The molecule has 2 aliphatic rings. The summed E-state index contributed by atoms with van der Waals surface area (Å²) >= 11 is 0. The number of hydrogen-bond donors (Lipinski definition) is 1. The second-order valence-electron chi connectivity index (χ2n) is 5.49. The molecule has 98 valence electrons. The molecule has 2 N–H and O–H groups in total. The molecule has 0 radical (unpaired) electrons. The van der Waals surface area contributed by atoms with Crippen LogP contribution < -0.4 is 5.73 Å². The molecule has 0 aromatic heterocycles. The van der Waals surface area contributed by atoms with Gasteiger partial charge in [-0.2, -0.15) is 0 Å². The van der Waals surface area contributed by atoms with Crippen molar-refractivity contribution in [2.75, 3.05) is 19.7 Å². The van der Waals surface area contributed by atoms with Crippen molar-refractivity contribution in [3.05, 3.63) is 0 Å². The molecule has 2 fully saturated rings. The summed E-state index contributed by atoms with van der Waals surface area (Å²) in [6, 6.07) is 0.299. The van der Waals surface area contributed by atoms with Gasteiger partial charge in [-0.15, -0.1) is 0 Å². The quantitative estimate of drug-likeness (QED) is 0.797. The first-order valence-electron chi connectivity index (χ1n) is 6.76. The summed E-state index contributed by atoms with van der Waals surface area (Å²) in [5.74, 6) is 1.30. The first-order valence-corrected chi connectivity index (χ1v) is 6.76. The molecule has 1 aliphatic carbocycles. The molecular weight excluding hydrogens is 216 g/mol. The number of amides is 1. The van der Waals surface area contributed by atoms with Crippen molar-refractivity contribution < 1.29 is 9.53 Å². The molecule has 1 amide bonds. The van der Waals surface area contributed by atoms with Crippen molar-refractivity contribution in [3.8, 4) is 0 Å². The molecule has 4 heteroatoms. The summed E-state index contributed by atoms with van der Waals surface area (Å²) in [7, 11) is 0. The molecule has 4 nitrogen and oxygen atoms in total. The fourth-order valence-corrected chi connectivity index (χ4v) is 2.93. The smallest absolute Gasteiger partial charge is 0.248 e. The molecule has 4 atom stereocenters. The number of ether oxygens (including phenoxy) is 1. The molecule has 0 aromatic carbocycles. The lowest BCUT2D eigenvalue weighted by Gasteiger charge is -2.19. The van der Waals surface area contributed by atoms with Crippen molar-refractivity contribution in [1.82, 2.24) is 4.90 Å². The molecular formula is C13H24N2O2. The number of likely N-dealkylation sites (tertiary alicyclic amines) is 1. The average Bonchev–Trinajstić information content (AvgIpc) is 2.88. The van der Waals surface area contributed by atoms with Gasteiger partial charge < -0.3 is 15.4 Å². The minimum absolute atomic E-state index is 0.131. The maximum Gasteiger partial charge on any atom is 0.248 e. The Morgan fingerprint density at radius 3 is 2.88 bits per heavy atom. The number of hydrogen-bond acceptors (Lipinski definition) is 3. The highest BCUT2D eigenvalue weighted by atomic mass is 16.5. The molecule has 0 unspecified atom stereocenters. The highest BCUT2D eigenvalue weighted by Crippen LogP contribution is 2.37. The summed E-state index contributed by atoms with van der Waals surface area (Å²) in [6.07, 6.45) is 3.43. The van der Waals surface area contributed by atoms with Gasteiger partial charge in [-0.25, -0.2) is 0 Å². The molecule has 1 aliphatic heterocycles. The molecule has 1 heterocycles. The van der Waals surface area contributed by atoms with Crippen LogP contribution in [0, 0.1) is 11.8 Å². The molecule has 1 saturated heterocycles. The predicted octanol–water partition coefficient (Wildman–Crippen LogP) is 0.997. The van der Waals surface area contributed by atoms with Gasteiger partial charge in [0.15, 0.2) is 0 Å². The van der Waals surface area contributed by atoms with Gasteiger partial charge in [-0.3, -0.25) is 4.79 Å². The summed E-state index contributed by atoms with van der Waals surface area (Å²) in [5, 5.41) is 0. The number of nitrogens with two attached hydrogens (primary N) is 1. The van der Waals surface area contributed by atoms with Crippen molar-refractivity contribution >= 4 is 5.91 Å². The van der Waals surface area contributed by atoms with Crippen LogP contribution in [0.25, 0.3) is 0 Å². The van der Waals surface area contributed by atoms with Crippen molar-refractivity contribution in [1.29, 1.82) is 0 Å². The Morgan fingerprint density at radius 1 is 1.47 bits per heavy atom. The Labute approximate surface area is 103 Å². The van der Waals surface area contributed by atoms with E-state index in [1.54, 1.807) is 0 Å². The van der Waals surface area contributed by atoms with Crippen LogP contribution in [-0.2, 0) is 9.53 Å². The lowest BCUT2D eigenvalue weighted by atomic mass is 9.98. The number of carbonyl (C=O) groups excluding carboxylic acids is 1. The van der Waals surface area contributed by atoms with Crippen molar-refractivity contribution in [3.63, 3.8) is 0 Å². The minimum Gasteiger partial charge on any atom is -0.369 e. The van der Waals surface area contributed by atoms with E-state index >= 15 is 0 Å². The van der Waals surface area contributed by atoms with Crippen LogP contribution in [0.4, 0.5) is 0 Å². The van der Waals surface area contributed by atoms with E-state index in [1.807, 2.05) is 11.8 Å². The van der Waals surface area contributed by atoms with E-state index in [0.29, 0.717) is 17.9 Å². The molecule has 0 bridgehead atoms. The number of rotatable bonds is 4. The van der Waals surface area contributed by atoms with Crippen LogP contribution >= 0.6 is 0 Å². The Balaban J connectivity index is 1.78. The first kappa shape index (κ1) is 12.8. The number of fused-ring (bicyclic) bond motifs is 1. The Kier molecular flexibility index (Phi) is 4.05. The fourth-order valence-electron chi connectivity index (χ4n) is 2.93. The van der Waals surface area contributed by atoms with E-state index in [9.17, 15) is 4.79 Å².